The molecule has 0 aromatic heterocycles. The van der Waals surface area contributed by atoms with Crippen LogP contribution in [0.3, 0.4) is 0 Å². The quantitative estimate of drug-likeness (QED) is 0.0394. The van der Waals surface area contributed by atoms with Crippen molar-refractivity contribution in [2.75, 3.05) is 0 Å². The number of halogens is 7. The highest BCUT2D eigenvalue weighted by atomic mass is 35.5. The zero-order valence-electron chi connectivity index (χ0n) is 45.6. The van der Waals surface area contributed by atoms with Crippen LogP contribution in [0, 0.1) is 0 Å². The van der Waals surface area contributed by atoms with Gasteiger partial charge >= 0.3 is 0 Å². The van der Waals surface area contributed by atoms with Gasteiger partial charge in [0.05, 0.1) is 21.5 Å². The summed E-state index contributed by atoms with van der Waals surface area (Å²) in [5, 5.41) is -0.318. The van der Waals surface area contributed by atoms with E-state index in [1.54, 1.807) is 0 Å². The molecule has 0 nitrogen and oxygen atoms in total. The number of hydrogen-bond acceptors (Lipinski definition) is 0. The average Bonchev–Trinajstić information content (AvgIpc) is 3.52. The minimum atomic E-state index is -0.159. The Morgan fingerprint density at radius 1 is 0.253 bits per heavy atom. The lowest BCUT2D eigenvalue weighted by Crippen LogP contribution is -2.11. The third-order valence-corrected chi connectivity index (χ3v) is 19.0. The predicted octanol–water partition coefficient (Wildman–Crippen LogP) is 23.0. The summed E-state index contributed by atoms with van der Waals surface area (Å²) in [5.74, 6) is 2.35. The van der Waals surface area contributed by atoms with Gasteiger partial charge in [-0.25, -0.2) is 0 Å². The zero-order chi connectivity index (χ0) is 55.3. The first-order chi connectivity index (χ1) is 38.6. The Morgan fingerprint density at radius 2 is 0.557 bits per heavy atom. The van der Waals surface area contributed by atoms with Crippen molar-refractivity contribution in [1.29, 1.82) is 0 Å². The van der Waals surface area contributed by atoms with Crippen molar-refractivity contribution in [3.8, 4) is 0 Å². The fourth-order valence-electron chi connectivity index (χ4n) is 11.0. The Balaban J connectivity index is 1.01. The van der Waals surface area contributed by atoms with Crippen LogP contribution in [0.15, 0.2) is 200 Å². The van der Waals surface area contributed by atoms with E-state index in [0.717, 1.165) is 117 Å². The SMILES string of the molecule is CCc1ccc(CCC(CC(CC(Cl)c2ccc(CCl)cc2)c2ccc(CCC(Cl)c3ccc(CCl)cc3)cc2)c2ccc(CCC(CCC(Cl)c3ccc(CCl)cc3)c3ccc(CCC(Cl)c4ccccc4)cc3)cc2)cc1. The van der Waals surface area contributed by atoms with Crippen LogP contribution in [0.4, 0.5) is 0 Å². The Morgan fingerprint density at radius 3 is 0.975 bits per heavy atom. The van der Waals surface area contributed by atoms with E-state index >= 15 is 0 Å². The first kappa shape index (κ1) is 60.9. The summed E-state index contributed by atoms with van der Waals surface area (Å²) in [4.78, 5) is 0. The van der Waals surface area contributed by atoms with Gasteiger partial charge in [-0.3, -0.25) is 0 Å². The smallest absolute Gasteiger partial charge is 0.0591 e. The molecule has 0 saturated heterocycles. The molecule has 0 saturated carbocycles. The number of rotatable bonds is 30. The van der Waals surface area contributed by atoms with E-state index in [0.29, 0.717) is 29.5 Å². The van der Waals surface area contributed by atoms with Gasteiger partial charge in [0.1, 0.15) is 0 Å². The molecular formula is C72H75Cl7. The number of hydrogen-bond donors (Lipinski definition) is 0. The summed E-state index contributed by atoms with van der Waals surface area (Å²) < 4.78 is 0. The third kappa shape index (κ3) is 18.7. The van der Waals surface area contributed by atoms with Gasteiger partial charge < -0.3 is 0 Å². The molecular weight excluding hydrogens is 1110 g/mol. The van der Waals surface area contributed by atoms with Crippen LogP contribution >= 0.6 is 81.2 Å². The molecule has 0 aliphatic rings. The van der Waals surface area contributed by atoms with Crippen LogP contribution in [0.5, 0.6) is 0 Å². The summed E-state index contributed by atoms with van der Waals surface area (Å²) in [6.45, 7) is 2.22. The van der Waals surface area contributed by atoms with E-state index in [9.17, 15) is 0 Å². The summed E-state index contributed by atoms with van der Waals surface area (Å²) >= 11 is 46.8. The minimum Gasteiger partial charge on any atom is -0.122 e. The molecule has 79 heavy (non-hydrogen) atoms. The van der Waals surface area contributed by atoms with Crippen LogP contribution in [-0.2, 0) is 49.7 Å². The van der Waals surface area contributed by atoms with E-state index in [4.69, 9.17) is 81.2 Å². The predicted molar refractivity (Wildman–Crippen MR) is 344 cm³/mol. The van der Waals surface area contributed by atoms with E-state index in [1.165, 1.54) is 50.1 Å². The van der Waals surface area contributed by atoms with Gasteiger partial charge in [-0.15, -0.1) is 81.2 Å². The van der Waals surface area contributed by atoms with Crippen molar-refractivity contribution in [1.82, 2.24) is 0 Å². The van der Waals surface area contributed by atoms with Gasteiger partial charge in [-0.05, 0) is 185 Å². The van der Waals surface area contributed by atoms with Crippen LogP contribution < -0.4 is 0 Å². The normalized spacial score (nSPS) is 14.3. The minimum absolute atomic E-state index is 0.0116. The lowest BCUT2D eigenvalue weighted by molar-refractivity contribution is 0.478. The van der Waals surface area contributed by atoms with E-state index in [2.05, 4.69) is 201 Å². The van der Waals surface area contributed by atoms with Crippen LogP contribution in [0.1, 0.15) is 181 Å². The number of alkyl halides is 7. The maximum atomic E-state index is 7.46. The van der Waals surface area contributed by atoms with Crippen LogP contribution in [0.2, 0.25) is 0 Å². The van der Waals surface area contributed by atoms with Gasteiger partial charge in [-0.2, -0.15) is 0 Å². The molecule has 0 amide bonds. The first-order valence-corrected chi connectivity index (χ1v) is 31.8. The Labute approximate surface area is 508 Å². The Kier molecular flexibility index (Phi) is 24.5. The van der Waals surface area contributed by atoms with Crippen molar-refractivity contribution in [3.05, 3.63) is 284 Å². The maximum absolute atomic E-state index is 7.46. The highest BCUT2D eigenvalue weighted by molar-refractivity contribution is 6.22. The van der Waals surface area contributed by atoms with Crippen LogP contribution in [0.25, 0.3) is 0 Å². The van der Waals surface area contributed by atoms with Crippen molar-refractivity contribution in [2.45, 2.75) is 147 Å². The second kappa shape index (κ2) is 31.9. The third-order valence-electron chi connectivity index (χ3n) is 16.2. The van der Waals surface area contributed by atoms with Gasteiger partial charge in [0, 0.05) is 17.6 Å². The average molecular weight is 1190 g/mol. The standard InChI is InChI=1S/C72H75Cl7/c1-2-51-8-10-52(11-9-51)19-41-67(46-68(47-72(79)66-39-24-58(50-75)25-40-66)62-33-17-55(18-34-62)27-44-70(77)64-35-20-56(48-73)21-36-64)61-31-15-53(16-32-61)12-30-60(42-45-71(78)65-37-22-57(49-74)23-38-65)59-28-13-54(14-29-59)26-43-69(76)63-6-4-3-5-7-63/h3-11,13-18,20-25,28-29,31-40,60,67-72H,2,12,19,26-27,30,41-50H2,1H3. The Bertz CT molecular complexity index is 2980. The molecule has 0 N–H and O–H groups in total. The summed E-state index contributed by atoms with van der Waals surface area (Å²) in [6, 6.07) is 73.1. The summed E-state index contributed by atoms with van der Waals surface area (Å²) in [6.07, 6.45) is 12.3. The van der Waals surface area contributed by atoms with Gasteiger partial charge in [0.15, 0.2) is 0 Å². The molecule has 0 aliphatic heterocycles. The molecule has 0 fully saturated rings. The van der Waals surface area contributed by atoms with Crippen LogP contribution in [-0.4, -0.2) is 0 Å². The monoisotopic (exact) mass is 1180 g/mol. The molecule has 7 heteroatoms. The lowest BCUT2D eigenvalue weighted by Gasteiger charge is -2.27. The molecule has 412 valence electrons. The molecule has 7 unspecified atom stereocenters. The lowest BCUT2D eigenvalue weighted by atomic mass is 9.79. The molecule has 7 atom stereocenters. The molecule has 0 aliphatic carbocycles. The molecule has 0 heterocycles. The van der Waals surface area contributed by atoms with Crippen molar-refractivity contribution >= 4 is 81.2 Å². The highest BCUT2D eigenvalue weighted by Gasteiger charge is 2.25. The second-order valence-electron chi connectivity index (χ2n) is 21.6. The van der Waals surface area contributed by atoms with Gasteiger partial charge in [0.2, 0.25) is 0 Å². The summed E-state index contributed by atoms with van der Waals surface area (Å²) in [7, 11) is 0. The largest absolute Gasteiger partial charge is 0.122 e. The van der Waals surface area contributed by atoms with E-state index < -0.39 is 0 Å². The first-order valence-electron chi connectivity index (χ1n) is 28.5. The summed E-state index contributed by atoms with van der Waals surface area (Å²) in [5.41, 5.74) is 18.6. The highest BCUT2D eigenvalue weighted by Crippen LogP contribution is 2.42. The topological polar surface area (TPSA) is 0 Å². The zero-order valence-corrected chi connectivity index (χ0v) is 50.8. The number of aryl methyl sites for hydroxylation is 5. The molecule has 8 aromatic carbocycles. The molecule has 8 aromatic rings. The Hall–Kier alpha value is -4.21. The van der Waals surface area contributed by atoms with E-state index in [-0.39, 0.29) is 27.4 Å². The fraction of sp³-hybridized carbons (Fsp3) is 0.333. The van der Waals surface area contributed by atoms with Crippen molar-refractivity contribution in [2.24, 2.45) is 0 Å². The van der Waals surface area contributed by atoms with Gasteiger partial charge in [-0.1, -0.05) is 207 Å². The second-order valence-corrected chi connectivity index (χ2v) is 24.5. The fourth-order valence-corrected chi connectivity index (χ4v) is 12.7. The van der Waals surface area contributed by atoms with Gasteiger partial charge in [0.25, 0.3) is 0 Å². The number of benzene rings is 8. The van der Waals surface area contributed by atoms with Crippen molar-refractivity contribution in [3.63, 3.8) is 0 Å². The molecule has 0 radical (unpaired) electrons. The molecule has 8 rings (SSSR count). The molecule has 0 spiro atoms. The van der Waals surface area contributed by atoms with E-state index in [1.807, 2.05) is 6.07 Å². The molecule has 0 bridgehead atoms. The maximum Gasteiger partial charge on any atom is 0.0591 e. The van der Waals surface area contributed by atoms with Crippen molar-refractivity contribution < 1.29 is 0 Å².